The smallest absolute Gasteiger partial charge is 0.264 e. The van der Waals surface area contributed by atoms with E-state index in [-0.39, 0.29) is 29.5 Å². The fraction of sp³-hybridized carbons (Fsp3) is 0.278. The number of carbonyl (C=O) groups excluding carboxylic acids is 2. The van der Waals surface area contributed by atoms with Crippen LogP contribution in [0.25, 0.3) is 0 Å². The van der Waals surface area contributed by atoms with Gasteiger partial charge in [-0.2, -0.15) is 0 Å². The Morgan fingerprint density at radius 2 is 1.42 bits per heavy atom. The Morgan fingerprint density at radius 3 is 2.04 bits per heavy atom. The maximum Gasteiger partial charge on any atom is 0.264 e. The van der Waals surface area contributed by atoms with Crippen molar-refractivity contribution < 1.29 is 22.4 Å². The molecule has 0 aromatic heterocycles. The maximum atomic E-state index is 15.3. The quantitative estimate of drug-likeness (QED) is 0.214. The van der Waals surface area contributed by atoms with E-state index in [9.17, 15) is 18.0 Å². The van der Waals surface area contributed by atoms with E-state index in [4.69, 9.17) is 0 Å². The summed E-state index contributed by atoms with van der Waals surface area (Å²) in [6, 6.07) is 27.4. The molecule has 0 fully saturated rings. The molecule has 1 N–H and O–H groups in total. The monoisotopic (exact) mass is 629 g/mol. The Kier molecular flexibility index (Phi) is 10.4. The van der Waals surface area contributed by atoms with Crippen molar-refractivity contribution in [2.24, 2.45) is 0 Å². The summed E-state index contributed by atoms with van der Waals surface area (Å²) in [6.07, 6.45) is 0.185. The molecule has 0 unspecified atom stereocenters. The number of anilines is 1. The molecule has 0 radical (unpaired) electrons. The number of amides is 2. The lowest BCUT2D eigenvalue weighted by atomic mass is 10.00. The molecule has 0 heterocycles. The van der Waals surface area contributed by atoms with E-state index >= 15 is 4.39 Å². The number of benzene rings is 4. The van der Waals surface area contributed by atoms with Gasteiger partial charge in [0, 0.05) is 18.5 Å². The molecular formula is C36H40FN3O4S. The van der Waals surface area contributed by atoms with E-state index in [0.717, 1.165) is 32.6 Å². The molecule has 0 spiro atoms. The molecule has 236 valence electrons. The molecule has 45 heavy (non-hydrogen) atoms. The van der Waals surface area contributed by atoms with Crippen LogP contribution in [0, 0.1) is 19.7 Å². The van der Waals surface area contributed by atoms with Crippen molar-refractivity contribution in [2.45, 2.75) is 64.1 Å². The SMILES string of the molecule is Cc1ccc(S(=O)(=O)N(CC(=O)N(Cc2ccccc2C)[C@H](Cc2ccccc2)C(=O)NC(C)(C)C)c2ccccc2F)cc1. The number of hydrogen-bond acceptors (Lipinski definition) is 4. The Hall–Kier alpha value is -4.50. The van der Waals surface area contributed by atoms with Gasteiger partial charge in [-0.05, 0) is 75.6 Å². The van der Waals surface area contributed by atoms with Crippen LogP contribution in [0.3, 0.4) is 0 Å². The molecule has 2 amide bonds. The first kappa shape index (κ1) is 33.4. The van der Waals surface area contributed by atoms with Gasteiger partial charge in [-0.3, -0.25) is 13.9 Å². The molecule has 4 aromatic rings. The number of hydrogen-bond donors (Lipinski definition) is 1. The Bertz CT molecular complexity index is 1740. The first-order valence-electron chi connectivity index (χ1n) is 14.8. The molecule has 0 saturated carbocycles. The lowest BCUT2D eigenvalue weighted by molar-refractivity contribution is -0.140. The summed E-state index contributed by atoms with van der Waals surface area (Å²) in [7, 11) is -4.39. The molecule has 1 atom stereocenters. The van der Waals surface area contributed by atoms with Gasteiger partial charge in [0.25, 0.3) is 10.0 Å². The van der Waals surface area contributed by atoms with Crippen LogP contribution < -0.4 is 9.62 Å². The predicted octanol–water partition coefficient (Wildman–Crippen LogP) is 6.19. The fourth-order valence-electron chi connectivity index (χ4n) is 4.98. The molecule has 9 heteroatoms. The average Bonchev–Trinajstić information content (AvgIpc) is 2.98. The molecule has 0 aliphatic carbocycles. The van der Waals surface area contributed by atoms with Gasteiger partial charge in [0.1, 0.15) is 18.4 Å². The van der Waals surface area contributed by atoms with Gasteiger partial charge in [0.2, 0.25) is 11.8 Å². The van der Waals surface area contributed by atoms with Crippen molar-refractivity contribution in [2.75, 3.05) is 10.8 Å². The first-order valence-corrected chi connectivity index (χ1v) is 16.2. The minimum absolute atomic E-state index is 0.0380. The Labute approximate surface area is 265 Å². The second-order valence-corrected chi connectivity index (χ2v) is 14.0. The molecule has 0 aliphatic heterocycles. The van der Waals surface area contributed by atoms with E-state index in [1.165, 1.54) is 35.2 Å². The van der Waals surface area contributed by atoms with Crippen molar-refractivity contribution in [1.29, 1.82) is 0 Å². The van der Waals surface area contributed by atoms with Crippen LogP contribution in [0.4, 0.5) is 10.1 Å². The highest BCUT2D eigenvalue weighted by atomic mass is 32.2. The summed E-state index contributed by atoms with van der Waals surface area (Å²) >= 11 is 0. The minimum atomic E-state index is -4.39. The summed E-state index contributed by atoms with van der Waals surface area (Å²) in [5.74, 6) is -1.83. The standard InChI is InChI=1S/C36H40FN3O4S/c1-26-19-21-30(22-20-26)45(43,44)40(32-18-12-11-17-31(32)37)25-34(41)39(24-29-16-10-9-13-27(29)2)33(35(42)38-36(3,4)5)23-28-14-7-6-8-15-28/h6-22,33H,23-25H2,1-5H3,(H,38,42)/t33-/m1/s1. The van der Waals surface area contributed by atoms with Gasteiger partial charge in [0.15, 0.2) is 0 Å². The minimum Gasteiger partial charge on any atom is -0.350 e. The van der Waals surface area contributed by atoms with Crippen LogP contribution in [0.15, 0.2) is 108 Å². The highest BCUT2D eigenvalue weighted by Gasteiger charge is 2.36. The van der Waals surface area contributed by atoms with Gasteiger partial charge < -0.3 is 10.2 Å². The van der Waals surface area contributed by atoms with Crippen LogP contribution in [0.5, 0.6) is 0 Å². The third-order valence-corrected chi connectivity index (χ3v) is 9.15. The Morgan fingerprint density at radius 1 is 0.822 bits per heavy atom. The average molecular weight is 630 g/mol. The van der Waals surface area contributed by atoms with Gasteiger partial charge in [-0.1, -0.05) is 84.4 Å². The van der Waals surface area contributed by atoms with Crippen LogP contribution in [-0.2, 0) is 32.6 Å². The second kappa shape index (κ2) is 14.1. The number of sulfonamides is 1. The van der Waals surface area contributed by atoms with E-state index < -0.39 is 39.9 Å². The van der Waals surface area contributed by atoms with Gasteiger partial charge in [0.05, 0.1) is 10.6 Å². The van der Waals surface area contributed by atoms with Gasteiger partial charge >= 0.3 is 0 Å². The second-order valence-electron chi connectivity index (χ2n) is 12.2. The maximum absolute atomic E-state index is 15.3. The number of carbonyl (C=O) groups is 2. The molecule has 4 rings (SSSR count). The highest BCUT2D eigenvalue weighted by molar-refractivity contribution is 7.92. The van der Waals surface area contributed by atoms with Crippen molar-refractivity contribution in [3.8, 4) is 0 Å². The third kappa shape index (κ3) is 8.57. The molecule has 0 bridgehead atoms. The number of nitrogens with one attached hydrogen (secondary N) is 1. The van der Waals surface area contributed by atoms with E-state index in [1.807, 2.05) is 89.2 Å². The van der Waals surface area contributed by atoms with Crippen LogP contribution in [0.1, 0.15) is 43.0 Å². The van der Waals surface area contributed by atoms with E-state index in [2.05, 4.69) is 5.32 Å². The largest absolute Gasteiger partial charge is 0.350 e. The van der Waals surface area contributed by atoms with Crippen LogP contribution >= 0.6 is 0 Å². The summed E-state index contributed by atoms with van der Waals surface area (Å²) in [5, 5.41) is 3.01. The number of rotatable bonds is 11. The molecule has 7 nitrogen and oxygen atoms in total. The van der Waals surface area contributed by atoms with Gasteiger partial charge in [-0.25, -0.2) is 12.8 Å². The highest BCUT2D eigenvalue weighted by Crippen LogP contribution is 2.28. The summed E-state index contributed by atoms with van der Waals surface area (Å²) in [5.41, 5.74) is 2.51. The zero-order valence-corrected chi connectivity index (χ0v) is 27.1. The number of nitrogens with zero attached hydrogens (tertiary/aromatic N) is 2. The van der Waals surface area contributed by atoms with Crippen LogP contribution in [0.2, 0.25) is 0 Å². The third-order valence-electron chi connectivity index (χ3n) is 7.38. The lowest BCUT2D eigenvalue weighted by Gasteiger charge is -2.35. The zero-order valence-electron chi connectivity index (χ0n) is 26.3. The molecular weight excluding hydrogens is 589 g/mol. The topological polar surface area (TPSA) is 86.8 Å². The normalized spacial score (nSPS) is 12.3. The predicted molar refractivity (Wildman–Crippen MR) is 176 cm³/mol. The van der Waals surface area contributed by atoms with Crippen molar-refractivity contribution in [3.05, 3.63) is 131 Å². The lowest BCUT2D eigenvalue weighted by Crippen LogP contribution is -2.56. The van der Waals surface area contributed by atoms with Crippen molar-refractivity contribution in [1.82, 2.24) is 10.2 Å². The van der Waals surface area contributed by atoms with Crippen molar-refractivity contribution in [3.63, 3.8) is 0 Å². The van der Waals surface area contributed by atoms with Gasteiger partial charge in [-0.15, -0.1) is 0 Å². The summed E-state index contributed by atoms with van der Waals surface area (Å²) in [6.45, 7) is 8.61. The molecule has 0 aliphatic rings. The number of para-hydroxylation sites is 1. The Balaban J connectivity index is 1.84. The summed E-state index contributed by atoms with van der Waals surface area (Å²) in [4.78, 5) is 29.8. The molecule has 4 aromatic carbocycles. The van der Waals surface area contributed by atoms with Crippen LogP contribution in [-0.4, -0.2) is 43.3 Å². The van der Waals surface area contributed by atoms with E-state index in [1.54, 1.807) is 12.1 Å². The number of halogens is 1. The fourth-order valence-corrected chi connectivity index (χ4v) is 6.40. The zero-order chi connectivity index (χ0) is 32.8. The summed E-state index contributed by atoms with van der Waals surface area (Å²) < 4.78 is 44.2. The van der Waals surface area contributed by atoms with Crippen molar-refractivity contribution >= 4 is 27.5 Å². The number of aryl methyl sites for hydroxylation is 2. The first-order chi connectivity index (χ1) is 21.3. The molecule has 0 saturated heterocycles. The van der Waals surface area contributed by atoms with E-state index in [0.29, 0.717) is 0 Å².